The number of nitrogens with one attached hydrogen (secondary N) is 1. The van der Waals surface area contributed by atoms with Crippen LogP contribution in [0.1, 0.15) is 23.2 Å². The predicted octanol–water partition coefficient (Wildman–Crippen LogP) is 1.41. The quantitative estimate of drug-likeness (QED) is 0.916. The third kappa shape index (κ3) is 3.29. The van der Waals surface area contributed by atoms with Crippen LogP contribution in [0.25, 0.3) is 0 Å². The van der Waals surface area contributed by atoms with Crippen molar-refractivity contribution < 1.29 is 4.79 Å². The zero-order chi connectivity index (χ0) is 16.4. The molecule has 24 heavy (non-hydrogen) atoms. The highest BCUT2D eigenvalue weighted by atomic mass is 16.2. The van der Waals surface area contributed by atoms with Crippen molar-refractivity contribution in [2.24, 2.45) is 0 Å². The maximum absolute atomic E-state index is 12.6. The molecule has 1 aliphatic heterocycles. The lowest BCUT2D eigenvalue weighted by Gasteiger charge is -2.35. The standard InChI is InChI=1S/C17H20N6O/c24-17(13-1-4-15(20-11-13)21-14-2-3-14)23-9-7-22(8-10-23)16-12-18-5-6-19-16/h1,4-6,11-12,14H,2-3,7-10H2,(H,20,21). The molecule has 0 aromatic carbocycles. The Morgan fingerprint density at radius 3 is 2.50 bits per heavy atom. The lowest BCUT2D eigenvalue weighted by Crippen LogP contribution is -2.49. The number of anilines is 2. The molecule has 1 N–H and O–H groups in total. The van der Waals surface area contributed by atoms with Crippen LogP contribution in [0.3, 0.4) is 0 Å². The minimum Gasteiger partial charge on any atom is -0.367 e. The van der Waals surface area contributed by atoms with Gasteiger partial charge in [0.1, 0.15) is 11.6 Å². The Labute approximate surface area is 140 Å². The van der Waals surface area contributed by atoms with E-state index in [1.165, 1.54) is 12.8 Å². The van der Waals surface area contributed by atoms with Gasteiger partial charge in [0.25, 0.3) is 5.91 Å². The molecule has 2 fully saturated rings. The molecule has 0 unspecified atom stereocenters. The summed E-state index contributed by atoms with van der Waals surface area (Å²) in [4.78, 5) is 29.4. The first kappa shape index (κ1) is 14.9. The van der Waals surface area contributed by atoms with E-state index in [-0.39, 0.29) is 5.91 Å². The second kappa shape index (κ2) is 6.43. The van der Waals surface area contributed by atoms with E-state index in [0.29, 0.717) is 24.7 Å². The molecular formula is C17H20N6O. The summed E-state index contributed by atoms with van der Waals surface area (Å²) in [6.45, 7) is 2.88. The van der Waals surface area contributed by atoms with Crippen molar-refractivity contribution in [3.8, 4) is 0 Å². The molecule has 0 bridgehead atoms. The molecule has 1 saturated heterocycles. The highest BCUT2D eigenvalue weighted by Gasteiger charge is 2.24. The second-order valence-electron chi connectivity index (χ2n) is 6.19. The Hall–Kier alpha value is -2.70. The molecule has 2 aromatic heterocycles. The van der Waals surface area contributed by atoms with Gasteiger partial charge in [0.05, 0.1) is 11.8 Å². The van der Waals surface area contributed by atoms with Gasteiger partial charge in [-0.1, -0.05) is 0 Å². The number of pyridine rings is 1. The average molecular weight is 324 g/mol. The normalized spacial score (nSPS) is 17.7. The molecule has 0 atom stereocenters. The third-order valence-electron chi connectivity index (χ3n) is 4.38. The van der Waals surface area contributed by atoms with E-state index in [1.54, 1.807) is 24.8 Å². The maximum atomic E-state index is 12.6. The van der Waals surface area contributed by atoms with Gasteiger partial charge in [-0.25, -0.2) is 9.97 Å². The summed E-state index contributed by atoms with van der Waals surface area (Å²) >= 11 is 0. The highest BCUT2D eigenvalue weighted by molar-refractivity contribution is 5.94. The van der Waals surface area contributed by atoms with Crippen LogP contribution in [0, 0.1) is 0 Å². The smallest absolute Gasteiger partial charge is 0.255 e. The van der Waals surface area contributed by atoms with Crippen molar-refractivity contribution in [1.82, 2.24) is 19.9 Å². The van der Waals surface area contributed by atoms with Gasteiger partial charge in [0.2, 0.25) is 0 Å². The molecule has 7 heteroatoms. The van der Waals surface area contributed by atoms with E-state index < -0.39 is 0 Å². The summed E-state index contributed by atoms with van der Waals surface area (Å²) in [7, 11) is 0. The fourth-order valence-electron chi connectivity index (χ4n) is 2.82. The summed E-state index contributed by atoms with van der Waals surface area (Å²) in [5, 5.41) is 3.33. The van der Waals surface area contributed by atoms with Crippen LogP contribution < -0.4 is 10.2 Å². The van der Waals surface area contributed by atoms with Gasteiger partial charge >= 0.3 is 0 Å². The van der Waals surface area contributed by atoms with Crippen molar-refractivity contribution in [3.05, 3.63) is 42.5 Å². The van der Waals surface area contributed by atoms with E-state index >= 15 is 0 Å². The molecule has 1 amide bonds. The number of hydrogen-bond acceptors (Lipinski definition) is 6. The lowest BCUT2D eigenvalue weighted by molar-refractivity contribution is 0.0746. The first-order valence-electron chi connectivity index (χ1n) is 8.32. The number of nitrogens with zero attached hydrogens (tertiary/aromatic N) is 5. The Morgan fingerprint density at radius 2 is 1.88 bits per heavy atom. The van der Waals surface area contributed by atoms with Crippen LogP contribution in [0.2, 0.25) is 0 Å². The second-order valence-corrected chi connectivity index (χ2v) is 6.19. The van der Waals surface area contributed by atoms with E-state index in [1.807, 2.05) is 17.0 Å². The number of hydrogen-bond donors (Lipinski definition) is 1. The predicted molar refractivity (Wildman–Crippen MR) is 91.0 cm³/mol. The Balaban J connectivity index is 1.35. The number of piperazine rings is 1. The van der Waals surface area contributed by atoms with Crippen molar-refractivity contribution in [1.29, 1.82) is 0 Å². The van der Waals surface area contributed by atoms with E-state index in [0.717, 1.165) is 24.7 Å². The zero-order valence-electron chi connectivity index (χ0n) is 13.4. The van der Waals surface area contributed by atoms with Gasteiger partial charge in [-0.3, -0.25) is 9.78 Å². The number of amides is 1. The Bertz CT molecular complexity index is 693. The Morgan fingerprint density at radius 1 is 1.04 bits per heavy atom. The van der Waals surface area contributed by atoms with E-state index in [9.17, 15) is 4.79 Å². The summed E-state index contributed by atoms with van der Waals surface area (Å²) in [6, 6.07) is 4.31. The topological polar surface area (TPSA) is 74.2 Å². The van der Waals surface area contributed by atoms with Crippen molar-refractivity contribution in [2.75, 3.05) is 36.4 Å². The van der Waals surface area contributed by atoms with Gasteiger partial charge in [-0.05, 0) is 25.0 Å². The summed E-state index contributed by atoms with van der Waals surface area (Å²) in [6.07, 6.45) is 9.19. The van der Waals surface area contributed by atoms with Crippen molar-refractivity contribution in [2.45, 2.75) is 18.9 Å². The molecule has 124 valence electrons. The van der Waals surface area contributed by atoms with Crippen molar-refractivity contribution in [3.63, 3.8) is 0 Å². The zero-order valence-corrected chi connectivity index (χ0v) is 13.4. The average Bonchev–Trinajstić information content (AvgIpc) is 3.47. The fraction of sp³-hybridized carbons (Fsp3) is 0.412. The number of rotatable bonds is 4. The van der Waals surface area contributed by atoms with Gasteiger partial charge < -0.3 is 15.1 Å². The van der Waals surface area contributed by atoms with Crippen LogP contribution >= 0.6 is 0 Å². The first-order valence-corrected chi connectivity index (χ1v) is 8.32. The van der Waals surface area contributed by atoms with Crippen LogP contribution in [0.4, 0.5) is 11.6 Å². The summed E-state index contributed by atoms with van der Waals surface area (Å²) in [5.41, 5.74) is 0.643. The van der Waals surface area contributed by atoms with E-state index in [4.69, 9.17) is 0 Å². The minimum absolute atomic E-state index is 0.0410. The van der Waals surface area contributed by atoms with Gasteiger partial charge in [-0.2, -0.15) is 0 Å². The maximum Gasteiger partial charge on any atom is 0.255 e. The third-order valence-corrected chi connectivity index (χ3v) is 4.38. The molecule has 1 aliphatic carbocycles. The van der Waals surface area contributed by atoms with Gasteiger partial charge in [0, 0.05) is 50.8 Å². The monoisotopic (exact) mass is 324 g/mol. The molecule has 0 radical (unpaired) electrons. The van der Waals surface area contributed by atoms with Crippen molar-refractivity contribution >= 4 is 17.5 Å². The SMILES string of the molecule is O=C(c1ccc(NC2CC2)nc1)N1CCN(c2cnccn2)CC1. The van der Waals surface area contributed by atoms with Crippen LogP contribution in [-0.4, -0.2) is 58.0 Å². The molecule has 0 spiro atoms. The van der Waals surface area contributed by atoms with Gasteiger partial charge in [0.15, 0.2) is 0 Å². The fourth-order valence-corrected chi connectivity index (χ4v) is 2.82. The summed E-state index contributed by atoms with van der Waals surface area (Å²) in [5.74, 6) is 1.75. The largest absolute Gasteiger partial charge is 0.367 e. The molecule has 3 heterocycles. The molecule has 2 aliphatic rings. The molecule has 7 nitrogen and oxygen atoms in total. The molecule has 2 aromatic rings. The van der Waals surface area contributed by atoms with Crippen LogP contribution in [-0.2, 0) is 0 Å². The highest BCUT2D eigenvalue weighted by Crippen LogP contribution is 2.23. The van der Waals surface area contributed by atoms with Gasteiger partial charge in [-0.15, -0.1) is 0 Å². The molecular weight excluding hydrogens is 304 g/mol. The Kier molecular flexibility index (Phi) is 3.98. The lowest BCUT2D eigenvalue weighted by atomic mass is 10.2. The number of carbonyl (C=O) groups excluding carboxylic acids is 1. The molecule has 1 saturated carbocycles. The number of carbonyl (C=O) groups is 1. The van der Waals surface area contributed by atoms with Crippen LogP contribution in [0.5, 0.6) is 0 Å². The molecule has 4 rings (SSSR count). The number of aromatic nitrogens is 3. The minimum atomic E-state index is 0.0410. The van der Waals surface area contributed by atoms with Crippen LogP contribution in [0.15, 0.2) is 36.9 Å². The first-order chi connectivity index (χ1) is 11.8. The summed E-state index contributed by atoms with van der Waals surface area (Å²) < 4.78 is 0. The van der Waals surface area contributed by atoms with E-state index in [2.05, 4.69) is 25.2 Å².